The standard InChI is InChI=1S/C15H24N2O3S/c18-14(19)12-9-21-13(10-7-8-10)17(12)15(20)16-11-5-3-1-2-4-6-11/h10-13H,1-9H2,(H,16,20)(H,18,19). The van der Waals surface area contributed by atoms with Crippen molar-refractivity contribution in [3.8, 4) is 0 Å². The van der Waals surface area contributed by atoms with E-state index in [4.69, 9.17) is 0 Å². The van der Waals surface area contributed by atoms with Crippen LogP contribution in [0.1, 0.15) is 51.4 Å². The molecule has 2 atom stereocenters. The molecule has 6 heteroatoms. The van der Waals surface area contributed by atoms with Gasteiger partial charge in [-0.25, -0.2) is 9.59 Å². The fraction of sp³-hybridized carbons (Fsp3) is 0.867. The molecular formula is C15H24N2O3S. The average molecular weight is 312 g/mol. The average Bonchev–Trinajstić information content (AvgIpc) is 3.23. The normalized spacial score (nSPS) is 31.0. The summed E-state index contributed by atoms with van der Waals surface area (Å²) in [5.41, 5.74) is 0. The van der Waals surface area contributed by atoms with Gasteiger partial charge >= 0.3 is 12.0 Å². The van der Waals surface area contributed by atoms with Crippen molar-refractivity contribution in [2.24, 2.45) is 5.92 Å². The van der Waals surface area contributed by atoms with Gasteiger partial charge in [-0.2, -0.15) is 0 Å². The smallest absolute Gasteiger partial charge is 0.327 e. The van der Waals surface area contributed by atoms with Crippen LogP contribution in [0.4, 0.5) is 4.79 Å². The maximum absolute atomic E-state index is 12.6. The summed E-state index contributed by atoms with van der Waals surface area (Å²) < 4.78 is 0. The van der Waals surface area contributed by atoms with Crippen molar-refractivity contribution in [2.45, 2.75) is 68.8 Å². The Morgan fingerprint density at radius 2 is 1.71 bits per heavy atom. The van der Waals surface area contributed by atoms with Crippen LogP contribution >= 0.6 is 11.8 Å². The highest BCUT2D eigenvalue weighted by Gasteiger charge is 2.48. The molecule has 2 unspecified atom stereocenters. The second-order valence-corrected chi connectivity index (χ2v) is 7.61. The molecule has 1 aliphatic heterocycles. The Kier molecular flexibility index (Phi) is 4.62. The summed E-state index contributed by atoms with van der Waals surface area (Å²) in [7, 11) is 0. The molecule has 5 nitrogen and oxygen atoms in total. The van der Waals surface area contributed by atoms with Gasteiger partial charge in [-0.05, 0) is 31.6 Å². The number of nitrogens with one attached hydrogen (secondary N) is 1. The maximum atomic E-state index is 12.6. The number of carbonyl (C=O) groups excluding carboxylic acids is 1. The Hall–Kier alpha value is -0.910. The summed E-state index contributed by atoms with van der Waals surface area (Å²) in [6, 6.07) is -0.595. The first-order chi connectivity index (χ1) is 10.2. The summed E-state index contributed by atoms with van der Waals surface area (Å²) in [5.74, 6) is 0.148. The monoisotopic (exact) mass is 312 g/mol. The zero-order valence-corrected chi connectivity index (χ0v) is 13.1. The number of carboxylic acids is 1. The number of thioether (sulfide) groups is 1. The quantitative estimate of drug-likeness (QED) is 0.786. The summed E-state index contributed by atoms with van der Waals surface area (Å²) in [5, 5.41) is 12.5. The molecule has 3 fully saturated rings. The van der Waals surface area contributed by atoms with Crippen LogP contribution in [0, 0.1) is 5.92 Å². The van der Waals surface area contributed by atoms with Gasteiger partial charge in [0, 0.05) is 11.8 Å². The molecule has 1 saturated heterocycles. The molecular weight excluding hydrogens is 288 g/mol. The van der Waals surface area contributed by atoms with E-state index in [1.54, 1.807) is 16.7 Å². The number of amides is 2. The Morgan fingerprint density at radius 1 is 1.05 bits per heavy atom. The fourth-order valence-electron chi connectivity index (χ4n) is 3.39. The predicted molar refractivity (Wildman–Crippen MR) is 82.3 cm³/mol. The minimum atomic E-state index is -0.873. The van der Waals surface area contributed by atoms with Crippen molar-refractivity contribution in [3.05, 3.63) is 0 Å². The first kappa shape index (κ1) is 15.0. The lowest BCUT2D eigenvalue weighted by Crippen LogP contribution is -2.52. The number of hydrogen-bond acceptors (Lipinski definition) is 3. The molecule has 0 aromatic rings. The third kappa shape index (κ3) is 3.47. The Labute approximate surface area is 129 Å². The molecule has 2 aliphatic carbocycles. The molecule has 118 valence electrons. The van der Waals surface area contributed by atoms with Gasteiger partial charge in [-0.1, -0.05) is 25.7 Å². The molecule has 3 aliphatic rings. The molecule has 0 aromatic carbocycles. The lowest BCUT2D eigenvalue weighted by atomic mass is 10.1. The molecule has 0 bridgehead atoms. The van der Waals surface area contributed by atoms with Gasteiger partial charge in [0.2, 0.25) is 0 Å². The Bertz CT molecular complexity index is 406. The Balaban J connectivity index is 1.65. The van der Waals surface area contributed by atoms with Gasteiger partial charge < -0.3 is 10.4 Å². The van der Waals surface area contributed by atoms with Gasteiger partial charge in [0.05, 0.1) is 5.37 Å². The van der Waals surface area contributed by atoms with Crippen LogP contribution in [-0.4, -0.2) is 45.2 Å². The number of aliphatic carboxylic acids is 1. The third-order valence-electron chi connectivity index (χ3n) is 4.76. The summed E-state index contributed by atoms with van der Waals surface area (Å²) in [4.78, 5) is 25.7. The van der Waals surface area contributed by atoms with E-state index in [9.17, 15) is 14.7 Å². The van der Waals surface area contributed by atoms with Crippen molar-refractivity contribution < 1.29 is 14.7 Å². The third-order valence-corrected chi connectivity index (χ3v) is 6.22. The van der Waals surface area contributed by atoms with E-state index < -0.39 is 12.0 Å². The number of hydrogen-bond donors (Lipinski definition) is 2. The van der Waals surface area contributed by atoms with E-state index in [1.807, 2.05) is 0 Å². The molecule has 2 saturated carbocycles. The van der Waals surface area contributed by atoms with E-state index in [-0.39, 0.29) is 17.4 Å². The second-order valence-electron chi connectivity index (χ2n) is 6.46. The van der Waals surface area contributed by atoms with Crippen LogP contribution in [-0.2, 0) is 4.79 Å². The number of urea groups is 1. The van der Waals surface area contributed by atoms with Crippen molar-refractivity contribution >= 4 is 23.8 Å². The van der Waals surface area contributed by atoms with Crippen molar-refractivity contribution in [3.63, 3.8) is 0 Å². The maximum Gasteiger partial charge on any atom is 0.327 e. The lowest BCUT2D eigenvalue weighted by molar-refractivity contribution is -0.141. The first-order valence-corrected chi connectivity index (χ1v) is 9.15. The highest BCUT2D eigenvalue weighted by Crippen LogP contribution is 2.45. The Morgan fingerprint density at radius 3 is 2.29 bits per heavy atom. The molecule has 2 amide bonds. The van der Waals surface area contributed by atoms with Crippen LogP contribution in [0.25, 0.3) is 0 Å². The zero-order chi connectivity index (χ0) is 14.8. The molecule has 21 heavy (non-hydrogen) atoms. The summed E-state index contributed by atoms with van der Waals surface area (Å²) in [6.45, 7) is 0. The summed E-state index contributed by atoms with van der Waals surface area (Å²) >= 11 is 1.64. The van der Waals surface area contributed by atoms with E-state index in [2.05, 4.69) is 5.32 Å². The molecule has 2 N–H and O–H groups in total. The molecule has 3 rings (SSSR count). The number of rotatable bonds is 3. The van der Waals surface area contributed by atoms with Crippen LogP contribution < -0.4 is 5.32 Å². The topological polar surface area (TPSA) is 69.6 Å². The van der Waals surface area contributed by atoms with E-state index in [0.29, 0.717) is 11.7 Å². The van der Waals surface area contributed by atoms with Crippen LogP contribution in [0.2, 0.25) is 0 Å². The molecule has 0 aromatic heterocycles. The zero-order valence-electron chi connectivity index (χ0n) is 12.3. The van der Waals surface area contributed by atoms with E-state index in [0.717, 1.165) is 38.5 Å². The van der Waals surface area contributed by atoms with Gasteiger partial charge in [0.15, 0.2) is 0 Å². The molecule has 0 spiro atoms. The lowest BCUT2D eigenvalue weighted by Gasteiger charge is -2.29. The highest BCUT2D eigenvalue weighted by molar-refractivity contribution is 8.00. The first-order valence-electron chi connectivity index (χ1n) is 8.10. The minimum absolute atomic E-state index is 0.0666. The van der Waals surface area contributed by atoms with Gasteiger partial charge in [-0.3, -0.25) is 4.90 Å². The predicted octanol–water partition coefficient (Wildman–Crippen LogP) is 2.66. The number of nitrogens with zero attached hydrogens (tertiary/aromatic N) is 1. The second kappa shape index (κ2) is 6.46. The molecule has 0 radical (unpaired) electrons. The summed E-state index contributed by atoms with van der Waals surface area (Å²) in [6.07, 6.45) is 9.11. The largest absolute Gasteiger partial charge is 0.480 e. The van der Waals surface area contributed by atoms with Crippen LogP contribution in [0.3, 0.4) is 0 Å². The van der Waals surface area contributed by atoms with Crippen molar-refractivity contribution in [2.75, 3.05) is 5.75 Å². The van der Waals surface area contributed by atoms with Crippen molar-refractivity contribution in [1.82, 2.24) is 10.2 Å². The van der Waals surface area contributed by atoms with Crippen LogP contribution in [0.15, 0.2) is 0 Å². The number of carboxylic acid groups (broad SMARTS) is 1. The fourth-order valence-corrected chi connectivity index (χ4v) is 5.02. The van der Waals surface area contributed by atoms with Gasteiger partial charge in [-0.15, -0.1) is 11.8 Å². The van der Waals surface area contributed by atoms with Gasteiger partial charge in [0.1, 0.15) is 6.04 Å². The minimum Gasteiger partial charge on any atom is -0.480 e. The van der Waals surface area contributed by atoms with Crippen molar-refractivity contribution in [1.29, 1.82) is 0 Å². The van der Waals surface area contributed by atoms with Crippen LogP contribution in [0.5, 0.6) is 0 Å². The number of carbonyl (C=O) groups is 2. The molecule has 1 heterocycles. The van der Waals surface area contributed by atoms with E-state index >= 15 is 0 Å². The SMILES string of the molecule is O=C(O)C1CSC(C2CC2)N1C(=O)NC1CCCCCC1. The van der Waals surface area contributed by atoms with E-state index in [1.165, 1.54) is 12.8 Å². The highest BCUT2D eigenvalue weighted by atomic mass is 32.2. The van der Waals surface area contributed by atoms with Gasteiger partial charge in [0.25, 0.3) is 0 Å².